The SMILES string of the molecule is Cl.Cl.NC[C@H]1CC[C@@H](C(=O)NCc2ccc(N3CCCCCC3)nc2)O1. The second kappa shape index (κ2) is 11.6. The molecule has 0 aliphatic carbocycles. The molecule has 3 heterocycles. The number of pyridine rings is 1. The minimum absolute atomic E-state index is 0. The van der Waals surface area contributed by atoms with E-state index in [2.05, 4.69) is 21.3 Å². The molecule has 0 unspecified atom stereocenters. The van der Waals surface area contributed by atoms with E-state index in [9.17, 15) is 4.79 Å². The molecule has 148 valence electrons. The van der Waals surface area contributed by atoms with E-state index in [0.717, 1.165) is 37.3 Å². The van der Waals surface area contributed by atoms with Crippen molar-refractivity contribution in [3.63, 3.8) is 0 Å². The number of carbonyl (C=O) groups is 1. The van der Waals surface area contributed by atoms with Gasteiger partial charge in [-0.25, -0.2) is 4.98 Å². The van der Waals surface area contributed by atoms with Gasteiger partial charge in [0.05, 0.1) is 6.10 Å². The van der Waals surface area contributed by atoms with Gasteiger partial charge in [-0.15, -0.1) is 24.8 Å². The van der Waals surface area contributed by atoms with E-state index in [1.54, 1.807) is 0 Å². The third kappa shape index (κ3) is 6.27. The van der Waals surface area contributed by atoms with Crippen molar-refractivity contribution in [2.45, 2.75) is 57.3 Å². The van der Waals surface area contributed by atoms with Crippen molar-refractivity contribution in [2.24, 2.45) is 5.73 Å². The minimum atomic E-state index is -0.358. The first-order valence-electron chi connectivity index (χ1n) is 9.09. The summed E-state index contributed by atoms with van der Waals surface area (Å²) < 4.78 is 5.61. The van der Waals surface area contributed by atoms with Gasteiger partial charge in [0.2, 0.25) is 5.91 Å². The van der Waals surface area contributed by atoms with E-state index < -0.39 is 0 Å². The Balaban J connectivity index is 0.00000169. The van der Waals surface area contributed by atoms with Crippen LogP contribution < -0.4 is 16.0 Å². The summed E-state index contributed by atoms with van der Waals surface area (Å²) in [6.45, 7) is 3.14. The van der Waals surface area contributed by atoms with Gasteiger partial charge in [-0.2, -0.15) is 0 Å². The predicted octanol–water partition coefficient (Wildman–Crippen LogP) is 2.43. The Morgan fingerprint density at radius 3 is 2.50 bits per heavy atom. The molecule has 8 heteroatoms. The number of halogens is 2. The second-order valence-corrected chi connectivity index (χ2v) is 6.70. The van der Waals surface area contributed by atoms with E-state index in [1.807, 2.05) is 12.3 Å². The highest BCUT2D eigenvalue weighted by molar-refractivity contribution is 5.85. The number of ether oxygens (including phenoxy) is 1. The number of rotatable bonds is 5. The van der Waals surface area contributed by atoms with Crippen LogP contribution in [0.25, 0.3) is 0 Å². The Hall–Kier alpha value is -1.08. The topological polar surface area (TPSA) is 80.5 Å². The van der Waals surface area contributed by atoms with Crippen LogP contribution >= 0.6 is 24.8 Å². The van der Waals surface area contributed by atoms with Crippen molar-refractivity contribution in [2.75, 3.05) is 24.5 Å². The summed E-state index contributed by atoms with van der Waals surface area (Å²) >= 11 is 0. The number of hydrogen-bond donors (Lipinski definition) is 2. The molecule has 2 fully saturated rings. The van der Waals surface area contributed by atoms with E-state index in [-0.39, 0.29) is 42.9 Å². The maximum Gasteiger partial charge on any atom is 0.249 e. The van der Waals surface area contributed by atoms with Crippen LogP contribution in [0.4, 0.5) is 5.82 Å². The average Bonchev–Trinajstić information content (AvgIpc) is 2.95. The highest BCUT2D eigenvalue weighted by Gasteiger charge is 2.29. The van der Waals surface area contributed by atoms with E-state index >= 15 is 0 Å². The Morgan fingerprint density at radius 1 is 1.19 bits per heavy atom. The molecule has 1 aromatic heterocycles. The predicted molar refractivity (Wildman–Crippen MR) is 108 cm³/mol. The van der Waals surface area contributed by atoms with Gasteiger partial charge in [0.25, 0.3) is 0 Å². The lowest BCUT2D eigenvalue weighted by atomic mass is 10.2. The number of amides is 1. The van der Waals surface area contributed by atoms with Crippen LogP contribution in [-0.4, -0.2) is 42.7 Å². The number of hydrogen-bond acceptors (Lipinski definition) is 5. The van der Waals surface area contributed by atoms with Crippen molar-refractivity contribution in [3.05, 3.63) is 23.9 Å². The normalized spacial score (nSPS) is 22.7. The minimum Gasteiger partial charge on any atom is -0.364 e. The Kier molecular flexibility index (Phi) is 10.2. The molecule has 2 aliphatic heterocycles. The summed E-state index contributed by atoms with van der Waals surface area (Å²) in [4.78, 5) is 19.1. The van der Waals surface area contributed by atoms with Crippen LogP contribution in [0.3, 0.4) is 0 Å². The number of carbonyl (C=O) groups excluding carboxylic acids is 1. The zero-order chi connectivity index (χ0) is 16.8. The molecular weight excluding hydrogens is 375 g/mol. The molecule has 0 spiro atoms. The monoisotopic (exact) mass is 404 g/mol. The van der Waals surface area contributed by atoms with E-state index in [4.69, 9.17) is 10.5 Å². The summed E-state index contributed by atoms with van der Waals surface area (Å²) in [5.74, 6) is 0.986. The quantitative estimate of drug-likeness (QED) is 0.787. The first-order chi connectivity index (χ1) is 11.8. The number of nitrogens with zero attached hydrogens (tertiary/aromatic N) is 2. The van der Waals surface area contributed by atoms with Crippen LogP contribution in [0, 0.1) is 0 Å². The Bertz CT molecular complexity index is 536. The van der Waals surface area contributed by atoms with Crippen molar-refractivity contribution in [1.29, 1.82) is 0 Å². The zero-order valence-corrected chi connectivity index (χ0v) is 16.7. The average molecular weight is 405 g/mol. The molecule has 1 amide bonds. The molecule has 2 atom stereocenters. The van der Waals surface area contributed by atoms with Crippen LogP contribution in [0.1, 0.15) is 44.1 Å². The molecule has 0 radical (unpaired) electrons. The van der Waals surface area contributed by atoms with Crippen LogP contribution in [-0.2, 0) is 16.1 Å². The van der Waals surface area contributed by atoms with Gasteiger partial charge < -0.3 is 20.7 Å². The van der Waals surface area contributed by atoms with Gasteiger partial charge in [-0.1, -0.05) is 18.9 Å². The lowest BCUT2D eigenvalue weighted by molar-refractivity contribution is -0.132. The fourth-order valence-electron chi connectivity index (χ4n) is 3.38. The number of nitrogens with two attached hydrogens (primary N) is 1. The molecule has 1 aromatic rings. The number of anilines is 1. The molecule has 0 saturated carbocycles. The Morgan fingerprint density at radius 2 is 1.92 bits per heavy atom. The zero-order valence-electron chi connectivity index (χ0n) is 15.1. The molecule has 3 N–H and O–H groups in total. The summed E-state index contributed by atoms with van der Waals surface area (Å²) in [5.41, 5.74) is 6.59. The highest BCUT2D eigenvalue weighted by Crippen LogP contribution is 2.19. The molecule has 3 rings (SSSR count). The summed E-state index contributed by atoms with van der Waals surface area (Å²) in [6, 6.07) is 4.11. The largest absolute Gasteiger partial charge is 0.364 e. The van der Waals surface area contributed by atoms with Gasteiger partial charge in [-0.3, -0.25) is 4.79 Å². The summed E-state index contributed by atoms with van der Waals surface area (Å²) in [5, 5.41) is 2.94. The van der Waals surface area contributed by atoms with Crippen LogP contribution in [0.5, 0.6) is 0 Å². The van der Waals surface area contributed by atoms with E-state index in [0.29, 0.717) is 13.1 Å². The third-order valence-electron chi connectivity index (χ3n) is 4.87. The molecule has 6 nitrogen and oxygen atoms in total. The maximum absolute atomic E-state index is 12.1. The van der Waals surface area contributed by atoms with Gasteiger partial charge in [0, 0.05) is 32.4 Å². The lowest BCUT2D eigenvalue weighted by Gasteiger charge is -2.21. The van der Waals surface area contributed by atoms with Gasteiger partial charge in [0.1, 0.15) is 11.9 Å². The molecule has 0 aromatic carbocycles. The van der Waals surface area contributed by atoms with Gasteiger partial charge in [0.15, 0.2) is 0 Å². The van der Waals surface area contributed by atoms with Crippen LogP contribution in [0.15, 0.2) is 18.3 Å². The lowest BCUT2D eigenvalue weighted by Crippen LogP contribution is -2.35. The fraction of sp³-hybridized carbons (Fsp3) is 0.667. The maximum atomic E-state index is 12.1. The molecule has 2 saturated heterocycles. The summed E-state index contributed by atoms with van der Waals surface area (Å²) in [7, 11) is 0. The first-order valence-corrected chi connectivity index (χ1v) is 9.09. The Labute approximate surface area is 168 Å². The standard InChI is InChI=1S/C18H28N4O2.2ClH/c19-11-15-6-7-16(24-15)18(23)21-13-14-5-8-17(20-12-14)22-9-3-1-2-4-10-22;;/h5,8,12,15-16H,1-4,6-7,9-11,13,19H2,(H,21,23);2*1H/t15-,16+;;/m1../s1. The third-order valence-corrected chi connectivity index (χ3v) is 4.87. The fourth-order valence-corrected chi connectivity index (χ4v) is 3.38. The number of nitrogens with one attached hydrogen (secondary N) is 1. The number of aromatic nitrogens is 1. The smallest absolute Gasteiger partial charge is 0.249 e. The van der Waals surface area contributed by atoms with E-state index in [1.165, 1.54) is 25.7 Å². The van der Waals surface area contributed by atoms with Gasteiger partial charge >= 0.3 is 0 Å². The van der Waals surface area contributed by atoms with Crippen molar-refractivity contribution in [1.82, 2.24) is 10.3 Å². The van der Waals surface area contributed by atoms with Crippen molar-refractivity contribution in [3.8, 4) is 0 Å². The first kappa shape index (κ1) is 23.0. The molecule has 26 heavy (non-hydrogen) atoms. The highest BCUT2D eigenvalue weighted by atomic mass is 35.5. The van der Waals surface area contributed by atoms with Gasteiger partial charge in [-0.05, 0) is 37.3 Å². The molecule has 2 aliphatic rings. The van der Waals surface area contributed by atoms with Crippen LogP contribution in [0.2, 0.25) is 0 Å². The van der Waals surface area contributed by atoms with Crippen molar-refractivity contribution < 1.29 is 9.53 Å². The second-order valence-electron chi connectivity index (χ2n) is 6.70. The summed E-state index contributed by atoms with van der Waals surface area (Å²) in [6.07, 6.45) is 8.25. The molecular formula is C18H30Cl2N4O2. The molecule has 0 bridgehead atoms. The van der Waals surface area contributed by atoms with Crippen molar-refractivity contribution >= 4 is 36.5 Å².